The van der Waals surface area contributed by atoms with Crippen LogP contribution >= 0.6 is 0 Å². The summed E-state index contributed by atoms with van der Waals surface area (Å²) < 4.78 is 0. The molecule has 0 spiro atoms. The molecular weight excluding hydrogens is 264 g/mol. The van der Waals surface area contributed by atoms with Crippen LogP contribution in [-0.4, -0.2) is 25.4 Å². The summed E-state index contributed by atoms with van der Waals surface area (Å²) in [6.07, 6.45) is 3.96. The number of anilines is 1. The summed E-state index contributed by atoms with van der Waals surface area (Å²) in [5, 5.41) is 2.93. The molecule has 1 aromatic rings. The highest BCUT2D eigenvalue weighted by Gasteiger charge is 2.49. The molecule has 114 valence electrons. The van der Waals surface area contributed by atoms with Gasteiger partial charge in [-0.3, -0.25) is 9.59 Å². The molecule has 2 unspecified atom stereocenters. The van der Waals surface area contributed by atoms with Crippen molar-refractivity contribution in [1.29, 1.82) is 0 Å². The summed E-state index contributed by atoms with van der Waals surface area (Å²) in [6, 6.07) is 9.54. The van der Waals surface area contributed by atoms with Crippen molar-refractivity contribution in [3.8, 4) is 0 Å². The van der Waals surface area contributed by atoms with E-state index in [1.807, 2.05) is 30.3 Å². The molecule has 0 heterocycles. The molecular formula is C17H24N2O2. The molecule has 1 aliphatic rings. The Morgan fingerprint density at radius 3 is 2.57 bits per heavy atom. The first-order chi connectivity index (χ1) is 10.1. The molecule has 1 saturated carbocycles. The second-order valence-electron chi connectivity index (χ2n) is 5.68. The minimum absolute atomic E-state index is 0.0333. The molecule has 21 heavy (non-hydrogen) atoms. The summed E-state index contributed by atoms with van der Waals surface area (Å²) in [5.74, 6) is -0.215. The fraction of sp³-hybridized carbons (Fsp3) is 0.529. The first kappa shape index (κ1) is 15.5. The van der Waals surface area contributed by atoms with E-state index >= 15 is 0 Å². The number of unbranched alkanes of at least 4 members (excludes halogenated alkanes) is 2. The van der Waals surface area contributed by atoms with Gasteiger partial charge in [-0.2, -0.15) is 0 Å². The van der Waals surface area contributed by atoms with Gasteiger partial charge in [-0.1, -0.05) is 38.0 Å². The molecule has 1 N–H and O–H groups in total. The number of hydrogen-bond donors (Lipinski definition) is 1. The predicted octanol–water partition coefficient (Wildman–Crippen LogP) is 2.59. The monoisotopic (exact) mass is 288 g/mol. The van der Waals surface area contributed by atoms with Crippen LogP contribution in [-0.2, 0) is 9.59 Å². The van der Waals surface area contributed by atoms with Gasteiger partial charge in [0.05, 0.1) is 11.8 Å². The number of carbonyl (C=O) groups is 2. The van der Waals surface area contributed by atoms with Crippen molar-refractivity contribution in [3.63, 3.8) is 0 Å². The molecule has 0 radical (unpaired) electrons. The Morgan fingerprint density at radius 2 is 1.90 bits per heavy atom. The number of amides is 2. The van der Waals surface area contributed by atoms with Crippen LogP contribution < -0.4 is 10.2 Å². The van der Waals surface area contributed by atoms with Crippen LogP contribution in [0, 0.1) is 11.8 Å². The van der Waals surface area contributed by atoms with Gasteiger partial charge >= 0.3 is 0 Å². The van der Waals surface area contributed by atoms with Gasteiger partial charge < -0.3 is 10.2 Å². The lowest BCUT2D eigenvalue weighted by Gasteiger charge is -2.17. The molecule has 0 saturated heterocycles. The average Bonchev–Trinajstić information content (AvgIpc) is 3.31. The lowest BCUT2D eigenvalue weighted by atomic mass is 10.2. The molecule has 2 amide bonds. The second-order valence-corrected chi connectivity index (χ2v) is 5.68. The Labute approximate surface area is 126 Å². The van der Waals surface area contributed by atoms with Crippen LogP contribution in [0.1, 0.15) is 32.6 Å². The van der Waals surface area contributed by atoms with Gasteiger partial charge in [-0.05, 0) is 25.0 Å². The van der Waals surface area contributed by atoms with Crippen molar-refractivity contribution < 1.29 is 9.59 Å². The predicted molar refractivity (Wildman–Crippen MR) is 84.0 cm³/mol. The largest absolute Gasteiger partial charge is 0.356 e. The Morgan fingerprint density at radius 1 is 1.19 bits per heavy atom. The maximum atomic E-state index is 12.3. The number of benzene rings is 1. The van der Waals surface area contributed by atoms with Gasteiger partial charge in [-0.15, -0.1) is 0 Å². The minimum atomic E-state index is -0.151. The van der Waals surface area contributed by atoms with Crippen LogP contribution in [0.3, 0.4) is 0 Å². The minimum Gasteiger partial charge on any atom is -0.356 e. The molecule has 2 atom stereocenters. The zero-order valence-corrected chi connectivity index (χ0v) is 12.8. The first-order valence-electron chi connectivity index (χ1n) is 7.75. The smallest absolute Gasteiger partial charge is 0.230 e. The first-order valence-corrected chi connectivity index (χ1v) is 7.75. The molecule has 0 aromatic heterocycles. The average molecular weight is 288 g/mol. The molecule has 1 aliphatic carbocycles. The number of hydrogen-bond acceptors (Lipinski definition) is 2. The van der Waals surface area contributed by atoms with Crippen molar-refractivity contribution in [2.45, 2.75) is 32.6 Å². The number of rotatable bonds is 7. The van der Waals surface area contributed by atoms with Crippen molar-refractivity contribution in [3.05, 3.63) is 30.3 Å². The summed E-state index contributed by atoms with van der Waals surface area (Å²) >= 11 is 0. The van der Waals surface area contributed by atoms with Gasteiger partial charge in [0.1, 0.15) is 0 Å². The van der Waals surface area contributed by atoms with Gasteiger partial charge in [0.15, 0.2) is 0 Å². The van der Waals surface area contributed by atoms with Crippen LogP contribution in [0.4, 0.5) is 5.69 Å². The molecule has 2 rings (SSSR count). The summed E-state index contributed by atoms with van der Waals surface area (Å²) in [5.41, 5.74) is 0.872. The van der Waals surface area contributed by atoms with E-state index in [-0.39, 0.29) is 23.7 Å². The lowest BCUT2D eigenvalue weighted by Crippen LogP contribution is -2.32. The zero-order chi connectivity index (χ0) is 15.2. The highest BCUT2D eigenvalue weighted by atomic mass is 16.2. The Hall–Kier alpha value is -1.84. The SMILES string of the molecule is CCCCCNC(=O)C1CC1C(=O)N(C)c1ccccc1. The Kier molecular flexibility index (Phi) is 5.37. The van der Waals surface area contributed by atoms with Crippen molar-refractivity contribution in [2.24, 2.45) is 11.8 Å². The van der Waals surface area contributed by atoms with E-state index in [2.05, 4.69) is 12.2 Å². The van der Waals surface area contributed by atoms with Crippen LogP contribution in [0.15, 0.2) is 30.3 Å². The highest BCUT2D eigenvalue weighted by molar-refractivity contribution is 6.00. The van der Waals surface area contributed by atoms with Crippen molar-refractivity contribution in [2.75, 3.05) is 18.5 Å². The third-order valence-corrected chi connectivity index (χ3v) is 4.00. The van der Waals surface area contributed by atoms with E-state index in [9.17, 15) is 9.59 Å². The Balaban J connectivity index is 1.79. The van der Waals surface area contributed by atoms with E-state index in [1.165, 1.54) is 0 Å². The number of para-hydroxylation sites is 1. The number of nitrogens with zero attached hydrogens (tertiary/aromatic N) is 1. The third kappa shape index (κ3) is 4.06. The summed E-state index contributed by atoms with van der Waals surface area (Å²) in [6.45, 7) is 2.86. The number of carbonyl (C=O) groups excluding carboxylic acids is 2. The molecule has 1 fully saturated rings. The maximum Gasteiger partial charge on any atom is 0.230 e. The fourth-order valence-electron chi connectivity index (χ4n) is 2.50. The van der Waals surface area contributed by atoms with Crippen molar-refractivity contribution >= 4 is 17.5 Å². The van der Waals surface area contributed by atoms with Crippen LogP contribution in [0.25, 0.3) is 0 Å². The van der Waals surface area contributed by atoms with Crippen LogP contribution in [0.2, 0.25) is 0 Å². The van der Waals surface area contributed by atoms with Gasteiger partial charge in [-0.25, -0.2) is 0 Å². The van der Waals surface area contributed by atoms with E-state index in [0.717, 1.165) is 31.5 Å². The second kappa shape index (κ2) is 7.25. The standard InChI is InChI=1S/C17H24N2O2/c1-3-4-8-11-18-16(20)14-12-15(14)17(21)19(2)13-9-6-5-7-10-13/h5-7,9-10,14-15H,3-4,8,11-12H2,1-2H3,(H,18,20). The molecule has 4 nitrogen and oxygen atoms in total. The molecule has 4 heteroatoms. The normalized spacial score (nSPS) is 19.9. The van der Waals surface area contributed by atoms with Gasteiger partial charge in [0.2, 0.25) is 11.8 Å². The quantitative estimate of drug-likeness (QED) is 0.784. The van der Waals surface area contributed by atoms with E-state index < -0.39 is 0 Å². The maximum absolute atomic E-state index is 12.3. The topological polar surface area (TPSA) is 49.4 Å². The summed E-state index contributed by atoms with van der Waals surface area (Å²) in [7, 11) is 1.77. The van der Waals surface area contributed by atoms with Gasteiger partial charge in [0, 0.05) is 19.3 Å². The van der Waals surface area contributed by atoms with Crippen molar-refractivity contribution in [1.82, 2.24) is 5.32 Å². The molecule has 0 aliphatic heterocycles. The Bertz CT molecular complexity index is 487. The highest BCUT2D eigenvalue weighted by Crippen LogP contribution is 2.40. The molecule has 1 aromatic carbocycles. The summed E-state index contributed by atoms with van der Waals surface area (Å²) in [4.78, 5) is 26.0. The fourth-order valence-corrected chi connectivity index (χ4v) is 2.50. The number of nitrogens with one attached hydrogen (secondary N) is 1. The van der Waals surface area contributed by atoms with Gasteiger partial charge in [0.25, 0.3) is 0 Å². The van der Waals surface area contributed by atoms with E-state index in [1.54, 1.807) is 11.9 Å². The van der Waals surface area contributed by atoms with E-state index in [0.29, 0.717) is 6.42 Å². The molecule has 0 bridgehead atoms. The van der Waals surface area contributed by atoms with Crippen LogP contribution in [0.5, 0.6) is 0 Å². The third-order valence-electron chi connectivity index (χ3n) is 4.00. The zero-order valence-electron chi connectivity index (χ0n) is 12.8. The van der Waals surface area contributed by atoms with E-state index in [4.69, 9.17) is 0 Å². The lowest BCUT2D eigenvalue weighted by molar-refractivity contribution is -0.125.